The van der Waals surface area contributed by atoms with Gasteiger partial charge in [0.25, 0.3) is 0 Å². The van der Waals surface area contributed by atoms with E-state index in [1.54, 1.807) is 29.2 Å². The lowest BCUT2D eigenvalue weighted by Gasteiger charge is -2.24. The summed E-state index contributed by atoms with van der Waals surface area (Å²) in [7, 11) is 0. The van der Waals surface area contributed by atoms with Gasteiger partial charge >= 0.3 is 6.03 Å². The van der Waals surface area contributed by atoms with E-state index in [1.807, 2.05) is 26.8 Å². The highest BCUT2D eigenvalue weighted by molar-refractivity contribution is 5.91. The molecule has 2 N–H and O–H groups in total. The molecule has 0 saturated heterocycles. The maximum Gasteiger partial charge on any atom is 0.322 e. The number of hydrogen-bond acceptors (Lipinski definition) is 4. The number of benzene rings is 2. The Balaban J connectivity index is 1.61. The second kappa shape index (κ2) is 8.71. The van der Waals surface area contributed by atoms with Crippen LogP contribution in [-0.2, 0) is 6.54 Å². The molecule has 0 atom stereocenters. The number of aryl methyl sites for hydroxylation is 2. The van der Waals surface area contributed by atoms with E-state index in [2.05, 4.69) is 16.4 Å². The van der Waals surface area contributed by atoms with Gasteiger partial charge in [0.2, 0.25) is 5.56 Å². The lowest BCUT2D eigenvalue weighted by atomic mass is 10.0. The summed E-state index contributed by atoms with van der Waals surface area (Å²) in [5.41, 5.74) is 4.24. The van der Waals surface area contributed by atoms with Crippen LogP contribution < -0.4 is 20.3 Å². The van der Waals surface area contributed by atoms with Crippen molar-refractivity contribution in [1.29, 1.82) is 0 Å². The molecular formula is C24H27N3O4. The van der Waals surface area contributed by atoms with Crippen molar-refractivity contribution in [2.45, 2.75) is 33.7 Å². The molecule has 162 valence electrons. The standard InChI is InChI=1S/C24H27N3O4/c1-4-7-27(24(29)25-18-5-6-20-21(13-18)31-9-8-30-20)14-17-12-22(28)26-23-16(3)10-15(2)11-19(17)23/h5-6,10-13H,4,7-9,14H2,1-3H3,(H,25,29)(H,26,28). The number of urea groups is 1. The van der Waals surface area contributed by atoms with E-state index < -0.39 is 0 Å². The highest BCUT2D eigenvalue weighted by Crippen LogP contribution is 2.32. The van der Waals surface area contributed by atoms with Gasteiger partial charge in [0.15, 0.2) is 11.5 Å². The molecule has 7 nitrogen and oxygen atoms in total. The minimum Gasteiger partial charge on any atom is -0.486 e. The van der Waals surface area contributed by atoms with E-state index in [9.17, 15) is 9.59 Å². The molecule has 2 amide bonds. The van der Waals surface area contributed by atoms with Crippen LogP contribution in [0, 0.1) is 13.8 Å². The van der Waals surface area contributed by atoms with Crippen LogP contribution in [0.2, 0.25) is 0 Å². The van der Waals surface area contributed by atoms with Crippen LogP contribution >= 0.6 is 0 Å². The van der Waals surface area contributed by atoms with E-state index in [-0.39, 0.29) is 11.6 Å². The first-order chi connectivity index (χ1) is 14.9. The van der Waals surface area contributed by atoms with Gasteiger partial charge in [-0.05, 0) is 49.6 Å². The maximum atomic E-state index is 13.1. The Labute approximate surface area is 181 Å². The molecule has 2 aromatic carbocycles. The smallest absolute Gasteiger partial charge is 0.322 e. The second-order valence-corrected chi connectivity index (χ2v) is 7.87. The molecule has 0 saturated carbocycles. The van der Waals surface area contributed by atoms with Crippen molar-refractivity contribution in [3.05, 3.63) is 63.4 Å². The monoisotopic (exact) mass is 421 g/mol. The molecule has 1 aliphatic heterocycles. The summed E-state index contributed by atoms with van der Waals surface area (Å²) in [5, 5.41) is 3.91. The molecular weight excluding hydrogens is 394 g/mol. The normalized spacial score (nSPS) is 12.6. The van der Waals surface area contributed by atoms with E-state index in [0.29, 0.717) is 43.5 Å². The number of nitrogens with one attached hydrogen (secondary N) is 2. The minimum atomic E-state index is -0.226. The van der Waals surface area contributed by atoms with Gasteiger partial charge in [-0.2, -0.15) is 0 Å². The summed E-state index contributed by atoms with van der Waals surface area (Å²) in [6.07, 6.45) is 0.799. The second-order valence-electron chi connectivity index (χ2n) is 7.87. The Morgan fingerprint density at radius 3 is 2.65 bits per heavy atom. The van der Waals surface area contributed by atoms with Gasteiger partial charge in [-0.15, -0.1) is 0 Å². The molecule has 0 fully saturated rings. The average Bonchev–Trinajstić information content (AvgIpc) is 2.74. The van der Waals surface area contributed by atoms with Gasteiger partial charge in [0, 0.05) is 36.3 Å². The zero-order valence-electron chi connectivity index (χ0n) is 18.1. The summed E-state index contributed by atoms with van der Waals surface area (Å²) in [6, 6.07) is 10.8. The molecule has 1 aromatic heterocycles. The molecule has 0 radical (unpaired) electrons. The first-order valence-corrected chi connectivity index (χ1v) is 10.5. The van der Waals surface area contributed by atoms with Crippen molar-refractivity contribution in [3.63, 3.8) is 0 Å². The maximum absolute atomic E-state index is 13.1. The third kappa shape index (κ3) is 4.50. The fourth-order valence-corrected chi connectivity index (χ4v) is 3.96. The first-order valence-electron chi connectivity index (χ1n) is 10.5. The summed E-state index contributed by atoms with van der Waals surface area (Å²) < 4.78 is 11.1. The molecule has 0 spiro atoms. The third-order valence-electron chi connectivity index (χ3n) is 5.31. The SMILES string of the molecule is CCCN(Cc1cc(=O)[nH]c2c(C)cc(C)cc12)C(=O)Nc1ccc2c(c1)OCCO2. The number of pyridine rings is 1. The van der Waals surface area contributed by atoms with Crippen molar-refractivity contribution >= 4 is 22.6 Å². The molecule has 0 unspecified atom stereocenters. The lowest BCUT2D eigenvalue weighted by molar-refractivity contribution is 0.171. The predicted molar refractivity (Wildman–Crippen MR) is 121 cm³/mol. The van der Waals surface area contributed by atoms with Crippen LogP contribution in [-0.4, -0.2) is 35.7 Å². The fourth-order valence-electron chi connectivity index (χ4n) is 3.96. The summed E-state index contributed by atoms with van der Waals surface area (Å²) >= 11 is 0. The number of ether oxygens (including phenoxy) is 2. The molecule has 1 aliphatic rings. The van der Waals surface area contributed by atoms with Crippen LogP contribution in [0.5, 0.6) is 11.5 Å². The third-order valence-corrected chi connectivity index (χ3v) is 5.31. The van der Waals surface area contributed by atoms with Crippen LogP contribution in [0.15, 0.2) is 41.2 Å². The number of anilines is 1. The zero-order chi connectivity index (χ0) is 22.0. The lowest BCUT2D eigenvalue weighted by Crippen LogP contribution is -2.35. The number of amides is 2. The molecule has 4 rings (SSSR count). The number of aromatic amines is 1. The van der Waals surface area contributed by atoms with Crippen molar-refractivity contribution < 1.29 is 14.3 Å². The number of fused-ring (bicyclic) bond motifs is 2. The summed E-state index contributed by atoms with van der Waals surface area (Å²) in [4.78, 5) is 30.0. The molecule has 31 heavy (non-hydrogen) atoms. The molecule has 3 aromatic rings. The Morgan fingerprint density at radius 2 is 1.87 bits per heavy atom. The highest BCUT2D eigenvalue weighted by Gasteiger charge is 2.18. The largest absolute Gasteiger partial charge is 0.486 e. The molecule has 0 aliphatic carbocycles. The average molecular weight is 421 g/mol. The first kappa shape index (κ1) is 20.8. The van der Waals surface area contributed by atoms with Crippen molar-refractivity contribution in [1.82, 2.24) is 9.88 Å². The predicted octanol–water partition coefficient (Wildman–Crippen LogP) is 4.36. The fraction of sp³-hybridized carbons (Fsp3) is 0.333. The van der Waals surface area contributed by atoms with E-state index in [1.165, 1.54) is 0 Å². The Kier molecular flexibility index (Phi) is 5.84. The quantitative estimate of drug-likeness (QED) is 0.641. The Hall–Kier alpha value is -3.48. The summed E-state index contributed by atoms with van der Waals surface area (Å²) in [6.45, 7) is 7.94. The van der Waals surface area contributed by atoms with Gasteiger partial charge in [-0.1, -0.05) is 18.6 Å². The van der Waals surface area contributed by atoms with E-state index >= 15 is 0 Å². The van der Waals surface area contributed by atoms with Crippen molar-refractivity contribution in [2.75, 3.05) is 25.1 Å². The topological polar surface area (TPSA) is 83.7 Å². The van der Waals surface area contributed by atoms with Crippen LogP contribution in [0.25, 0.3) is 10.9 Å². The number of hydrogen-bond donors (Lipinski definition) is 2. The highest BCUT2D eigenvalue weighted by atomic mass is 16.6. The van der Waals surface area contributed by atoms with Gasteiger partial charge in [-0.25, -0.2) is 4.79 Å². The van der Waals surface area contributed by atoms with Crippen LogP contribution in [0.3, 0.4) is 0 Å². The Morgan fingerprint density at radius 1 is 1.10 bits per heavy atom. The van der Waals surface area contributed by atoms with Gasteiger partial charge in [0.05, 0.1) is 5.52 Å². The zero-order valence-corrected chi connectivity index (χ0v) is 18.1. The van der Waals surface area contributed by atoms with Gasteiger partial charge < -0.3 is 24.7 Å². The number of nitrogens with zero attached hydrogens (tertiary/aromatic N) is 1. The number of carbonyl (C=O) groups excluding carboxylic acids is 1. The number of H-pyrrole nitrogens is 1. The molecule has 7 heteroatoms. The van der Waals surface area contributed by atoms with Crippen LogP contribution in [0.4, 0.5) is 10.5 Å². The molecule has 2 heterocycles. The number of rotatable bonds is 5. The Bertz CT molecular complexity index is 1190. The van der Waals surface area contributed by atoms with E-state index in [4.69, 9.17) is 9.47 Å². The number of carbonyl (C=O) groups is 1. The van der Waals surface area contributed by atoms with Crippen LogP contribution in [0.1, 0.15) is 30.0 Å². The van der Waals surface area contributed by atoms with Crippen molar-refractivity contribution in [3.8, 4) is 11.5 Å². The van der Waals surface area contributed by atoms with E-state index in [0.717, 1.165) is 34.0 Å². The van der Waals surface area contributed by atoms with Crippen molar-refractivity contribution in [2.24, 2.45) is 0 Å². The van der Waals surface area contributed by atoms with Gasteiger partial charge in [0.1, 0.15) is 13.2 Å². The summed E-state index contributed by atoms with van der Waals surface area (Å²) in [5.74, 6) is 1.30. The number of aromatic nitrogens is 1. The molecule has 0 bridgehead atoms. The minimum absolute atomic E-state index is 0.168. The van der Waals surface area contributed by atoms with Gasteiger partial charge in [-0.3, -0.25) is 4.79 Å².